The van der Waals surface area contributed by atoms with Crippen molar-refractivity contribution in [2.45, 2.75) is 0 Å². The number of nitrogens with zero attached hydrogens (tertiary/aromatic N) is 1. The van der Waals surface area contributed by atoms with Gasteiger partial charge in [-0.05, 0) is 24.3 Å². The highest BCUT2D eigenvalue weighted by molar-refractivity contribution is 5.95. The minimum Gasteiger partial charge on any atom is -0.464 e. The summed E-state index contributed by atoms with van der Waals surface area (Å²) in [7, 11) is 1.33. The van der Waals surface area contributed by atoms with Crippen LogP contribution in [0, 0.1) is 11.3 Å². The molecule has 0 atom stereocenters. The normalized spacial score (nSPS) is 9.87. The van der Waals surface area contributed by atoms with E-state index in [1.807, 2.05) is 6.07 Å². The summed E-state index contributed by atoms with van der Waals surface area (Å²) in [5.74, 6) is -0.412. The van der Waals surface area contributed by atoms with Crippen molar-refractivity contribution < 1.29 is 9.53 Å². The minimum atomic E-state index is -0.412. The second-order valence-electron chi connectivity index (χ2n) is 3.09. The van der Waals surface area contributed by atoms with Crippen molar-refractivity contribution in [2.24, 2.45) is 0 Å². The summed E-state index contributed by atoms with van der Waals surface area (Å²) in [6.45, 7) is 0. The number of fused-ring (bicyclic) bond motifs is 1. The Bertz CT molecular complexity index is 563. The van der Waals surface area contributed by atoms with Gasteiger partial charge in [0, 0.05) is 10.9 Å². The predicted octanol–water partition coefficient (Wildman–Crippen LogP) is 1.83. The third kappa shape index (κ3) is 1.55. The molecule has 2 aromatic rings. The van der Waals surface area contributed by atoms with Crippen LogP contribution in [0.2, 0.25) is 0 Å². The summed E-state index contributed by atoms with van der Waals surface area (Å²) < 4.78 is 4.59. The van der Waals surface area contributed by atoms with Crippen LogP contribution in [-0.4, -0.2) is 18.1 Å². The molecule has 0 unspecified atom stereocenters. The first-order valence-electron chi connectivity index (χ1n) is 4.36. The molecular weight excluding hydrogens is 192 g/mol. The molecule has 1 aromatic heterocycles. The van der Waals surface area contributed by atoms with E-state index in [4.69, 9.17) is 5.26 Å². The Balaban J connectivity index is 2.57. The van der Waals surface area contributed by atoms with Crippen LogP contribution >= 0.6 is 0 Å². The van der Waals surface area contributed by atoms with Crippen LogP contribution in [0.4, 0.5) is 0 Å². The lowest BCUT2D eigenvalue weighted by molar-refractivity contribution is 0.0595. The van der Waals surface area contributed by atoms with Gasteiger partial charge in [0.2, 0.25) is 0 Å². The summed E-state index contributed by atoms with van der Waals surface area (Å²) >= 11 is 0. The van der Waals surface area contributed by atoms with E-state index in [1.165, 1.54) is 7.11 Å². The van der Waals surface area contributed by atoms with Crippen molar-refractivity contribution in [2.75, 3.05) is 7.11 Å². The number of nitrogens with one attached hydrogen (secondary N) is 1. The zero-order valence-electron chi connectivity index (χ0n) is 8.07. The molecule has 1 N–H and O–H groups in total. The lowest BCUT2D eigenvalue weighted by Crippen LogP contribution is -2.00. The Hall–Kier alpha value is -2.28. The fourth-order valence-electron chi connectivity index (χ4n) is 1.42. The average Bonchev–Trinajstić information content (AvgIpc) is 2.70. The van der Waals surface area contributed by atoms with Gasteiger partial charge < -0.3 is 9.72 Å². The molecular formula is C11H8N2O2. The highest BCUT2D eigenvalue weighted by Gasteiger charge is 2.09. The summed E-state index contributed by atoms with van der Waals surface area (Å²) in [5, 5.41) is 9.54. The largest absolute Gasteiger partial charge is 0.464 e. The lowest BCUT2D eigenvalue weighted by atomic mass is 10.2. The third-order valence-corrected chi connectivity index (χ3v) is 2.16. The molecule has 0 fully saturated rings. The molecule has 0 aliphatic heterocycles. The number of benzene rings is 1. The number of rotatable bonds is 1. The molecule has 0 bridgehead atoms. The Kier molecular flexibility index (Phi) is 2.14. The standard InChI is InChI=1S/C11H8N2O2/c1-15-11(14)10-5-8-4-7(6-12)2-3-9(8)13-10/h2-5,13H,1H3. The molecule has 74 valence electrons. The van der Waals surface area contributed by atoms with Crippen molar-refractivity contribution in [3.05, 3.63) is 35.5 Å². The summed E-state index contributed by atoms with van der Waals surface area (Å²) in [5.41, 5.74) is 1.77. The molecule has 0 saturated carbocycles. The number of H-pyrrole nitrogens is 1. The molecule has 0 spiro atoms. The number of hydrogen-bond donors (Lipinski definition) is 1. The van der Waals surface area contributed by atoms with Gasteiger partial charge in [-0.2, -0.15) is 5.26 Å². The second-order valence-corrected chi connectivity index (χ2v) is 3.09. The van der Waals surface area contributed by atoms with E-state index in [1.54, 1.807) is 24.3 Å². The van der Waals surface area contributed by atoms with Gasteiger partial charge in [-0.15, -0.1) is 0 Å². The van der Waals surface area contributed by atoms with E-state index in [0.29, 0.717) is 11.3 Å². The van der Waals surface area contributed by atoms with Gasteiger partial charge in [0.15, 0.2) is 0 Å². The number of hydrogen-bond acceptors (Lipinski definition) is 3. The number of aromatic amines is 1. The molecule has 4 heteroatoms. The van der Waals surface area contributed by atoms with Crippen LogP contribution in [0.3, 0.4) is 0 Å². The Morgan fingerprint density at radius 1 is 1.47 bits per heavy atom. The second kappa shape index (κ2) is 3.46. The zero-order valence-corrected chi connectivity index (χ0v) is 8.07. The van der Waals surface area contributed by atoms with Gasteiger partial charge >= 0.3 is 5.97 Å². The first-order valence-corrected chi connectivity index (χ1v) is 4.36. The topological polar surface area (TPSA) is 65.9 Å². The zero-order chi connectivity index (χ0) is 10.8. The maximum atomic E-state index is 11.2. The maximum Gasteiger partial charge on any atom is 0.354 e. The highest BCUT2D eigenvalue weighted by Crippen LogP contribution is 2.17. The number of carbonyl (C=O) groups is 1. The fraction of sp³-hybridized carbons (Fsp3) is 0.0909. The molecule has 2 rings (SSSR count). The number of esters is 1. The van der Waals surface area contributed by atoms with Crippen molar-refractivity contribution in [3.63, 3.8) is 0 Å². The smallest absolute Gasteiger partial charge is 0.354 e. The van der Waals surface area contributed by atoms with Crippen LogP contribution in [0.5, 0.6) is 0 Å². The third-order valence-electron chi connectivity index (χ3n) is 2.16. The van der Waals surface area contributed by atoms with Gasteiger partial charge in [-0.25, -0.2) is 4.79 Å². The lowest BCUT2D eigenvalue weighted by Gasteiger charge is -1.92. The quantitative estimate of drug-likeness (QED) is 0.714. The highest BCUT2D eigenvalue weighted by atomic mass is 16.5. The number of aromatic nitrogens is 1. The number of carbonyl (C=O) groups excluding carboxylic acids is 1. The molecule has 0 radical (unpaired) electrons. The van der Waals surface area contributed by atoms with Crippen LogP contribution in [0.1, 0.15) is 16.1 Å². The molecule has 1 aromatic carbocycles. The van der Waals surface area contributed by atoms with E-state index < -0.39 is 5.97 Å². The van der Waals surface area contributed by atoms with Gasteiger partial charge in [-0.1, -0.05) is 0 Å². The van der Waals surface area contributed by atoms with Crippen LogP contribution in [0.25, 0.3) is 10.9 Å². The van der Waals surface area contributed by atoms with Crippen molar-refractivity contribution in [1.82, 2.24) is 4.98 Å². The molecule has 4 nitrogen and oxygen atoms in total. The maximum absolute atomic E-state index is 11.2. The van der Waals surface area contributed by atoms with Gasteiger partial charge in [-0.3, -0.25) is 0 Å². The fourth-order valence-corrected chi connectivity index (χ4v) is 1.42. The first-order chi connectivity index (χ1) is 7.24. The number of methoxy groups -OCH3 is 1. The first kappa shape index (κ1) is 9.28. The molecule has 0 aliphatic carbocycles. The molecule has 15 heavy (non-hydrogen) atoms. The van der Waals surface area contributed by atoms with E-state index in [9.17, 15) is 4.79 Å². The Morgan fingerprint density at radius 3 is 2.93 bits per heavy atom. The Labute approximate surface area is 86.1 Å². The SMILES string of the molecule is COC(=O)c1cc2cc(C#N)ccc2[nH]1. The molecule has 0 saturated heterocycles. The van der Waals surface area contributed by atoms with E-state index >= 15 is 0 Å². The van der Waals surface area contributed by atoms with Gasteiger partial charge in [0.25, 0.3) is 0 Å². The summed E-state index contributed by atoms with van der Waals surface area (Å²) in [6, 6.07) is 8.89. The molecule has 0 aliphatic rings. The van der Waals surface area contributed by atoms with Crippen molar-refractivity contribution in [1.29, 1.82) is 5.26 Å². The minimum absolute atomic E-state index is 0.391. The predicted molar refractivity (Wildman–Crippen MR) is 54.4 cm³/mol. The van der Waals surface area contributed by atoms with E-state index in [2.05, 4.69) is 9.72 Å². The van der Waals surface area contributed by atoms with Gasteiger partial charge in [0.05, 0.1) is 18.7 Å². The molecule has 1 heterocycles. The van der Waals surface area contributed by atoms with Crippen LogP contribution in [-0.2, 0) is 4.74 Å². The summed E-state index contributed by atoms with van der Waals surface area (Å²) in [6.07, 6.45) is 0. The van der Waals surface area contributed by atoms with E-state index in [0.717, 1.165) is 10.9 Å². The molecule has 0 amide bonds. The monoisotopic (exact) mass is 200 g/mol. The Morgan fingerprint density at radius 2 is 2.27 bits per heavy atom. The number of ether oxygens (including phenoxy) is 1. The average molecular weight is 200 g/mol. The number of nitriles is 1. The van der Waals surface area contributed by atoms with Crippen LogP contribution < -0.4 is 0 Å². The van der Waals surface area contributed by atoms with E-state index in [-0.39, 0.29) is 0 Å². The summed E-state index contributed by atoms with van der Waals surface area (Å²) in [4.78, 5) is 14.1. The van der Waals surface area contributed by atoms with Crippen molar-refractivity contribution in [3.8, 4) is 6.07 Å². The van der Waals surface area contributed by atoms with Crippen LogP contribution in [0.15, 0.2) is 24.3 Å². The van der Waals surface area contributed by atoms with Crippen molar-refractivity contribution >= 4 is 16.9 Å². The van der Waals surface area contributed by atoms with Gasteiger partial charge in [0.1, 0.15) is 5.69 Å².